The van der Waals surface area contributed by atoms with Gasteiger partial charge in [-0.15, -0.1) is 0 Å². The van der Waals surface area contributed by atoms with Crippen LogP contribution in [0.1, 0.15) is 11.3 Å². The fourth-order valence-electron chi connectivity index (χ4n) is 1.85. The molecule has 0 saturated carbocycles. The molecule has 0 saturated heterocycles. The normalized spacial score (nSPS) is 10.5. The van der Waals surface area contributed by atoms with Gasteiger partial charge in [-0.3, -0.25) is 4.68 Å². The Hall–Kier alpha value is -2.01. The van der Waals surface area contributed by atoms with E-state index in [0.717, 1.165) is 29.2 Å². The van der Waals surface area contributed by atoms with Gasteiger partial charge in [-0.2, -0.15) is 5.10 Å². The zero-order valence-corrected chi connectivity index (χ0v) is 11.3. The van der Waals surface area contributed by atoms with Gasteiger partial charge in [0.1, 0.15) is 6.61 Å². The molecule has 5 nitrogen and oxygen atoms in total. The highest BCUT2D eigenvalue weighted by Gasteiger charge is 2.07. The maximum absolute atomic E-state index is 5.77. The first-order valence-electron chi connectivity index (χ1n) is 6.21. The van der Waals surface area contributed by atoms with Crippen LogP contribution in [-0.2, 0) is 20.1 Å². The van der Waals surface area contributed by atoms with Crippen LogP contribution in [0.2, 0.25) is 0 Å². The van der Waals surface area contributed by atoms with E-state index >= 15 is 0 Å². The quantitative estimate of drug-likeness (QED) is 0.856. The molecule has 5 heteroatoms. The number of aryl methyl sites for hydroxylation is 1. The lowest BCUT2D eigenvalue weighted by molar-refractivity contribution is 0.279. The van der Waals surface area contributed by atoms with E-state index in [1.165, 1.54) is 0 Å². The van der Waals surface area contributed by atoms with E-state index in [9.17, 15) is 0 Å². The molecule has 0 aliphatic carbocycles. The van der Waals surface area contributed by atoms with Gasteiger partial charge >= 0.3 is 0 Å². The molecule has 2 rings (SSSR count). The first-order chi connectivity index (χ1) is 9.22. The second-order valence-corrected chi connectivity index (χ2v) is 4.29. The van der Waals surface area contributed by atoms with Gasteiger partial charge in [-0.25, -0.2) is 0 Å². The summed E-state index contributed by atoms with van der Waals surface area (Å²) in [6.07, 6.45) is 2.71. The lowest BCUT2D eigenvalue weighted by Gasteiger charge is -2.11. The van der Waals surface area contributed by atoms with Crippen LogP contribution in [0.3, 0.4) is 0 Å². The molecule has 0 spiro atoms. The van der Waals surface area contributed by atoms with Crippen molar-refractivity contribution in [2.75, 3.05) is 13.7 Å². The lowest BCUT2D eigenvalue weighted by Crippen LogP contribution is -2.04. The summed E-state index contributed by atoms with van der Waals surface area (Å²) < 4.78 is 12.8. The molecule has 19 heavy (non-hydrogen) atoms. The van der Waals surface area contributed by atoms with E-state index in [1.54, 1.807) is 11.8 Å². The van der Waals surface area contributed by atoms with Gasteiger partial charge in [0.25, 0.3) is 0 Å². The van der Waals surface area contributed by atoms with Gasteiger partial charge in [-0.1, -0.05) is 6.07 Å². The summed E-state index contributed by atoms with van der Waals surface area (Å²) in [5.74, 6) is 1.44. The zero-order valence-electron chi connectivity index (χ0n) is 11.3. The van der Waals surface area contributed by atoms with Crippen LogP contribution in [-0.4, -0.2) is 23.4 Å². The monoisotopic (exact) mass is 261 g/mol. The fraction of sp³-hybridized carbons (Fsp3) is 0.357. The number of nitrogens with zero attached hydrogens (tertiary/aromatic N) is 2. The van der Waals surface area contributed by atoms with Crippen LogP contribution in [0.4, 0.5) is 0 Å². The molecule has 2 aromatic rings. The Bertz CT molecular complexity index is 537. The van der Waals surface area contributed by atoms with Crippen LogP contribution >= 0.6 is 0 Å². The molecule has 102 valence electrons. The average Bonchev–Trinajstić information content (AvgIpc) is 2.83. The van der Waals surface area contributed by atoms with Crippen molar-refractivity contribution in [3.8, 4) is 11.5 Å². The summed E-state index contributed by atoms with van der Waals surface area (Å²) in [6.45, 7) is 1.04. The highest BCUT2D eigenvalue weighted by molar-refractivity contribution is 5.43. The van der Waals surface area contributed by atoms with Crippen molar-refractivity contribution in [2.24, 2.45) is 12.8 Å². The van der Waals surface area contributed by atoms with Crippen LogP contribution < -0.4 is 15.2 Å². The first-order valence-corrected chi connectivity index (χ1v) is 6.21. The Morgan fingerprint density at radius 3 is 2.74 bits per heavy atom. The molecular formula is C14H19N3O2. The van der Waals surface area contributed by atoms with Crippen molar-refractivity contribution in [1.82, 2.24) is 9.78 Å². The number of nitrogens with two attached hydrogens (primary N) is 1. The molecule has 0 amide bonds. The topological polar surface area (TPSA) is 62.3 Å². The Morgan fingerprint density at radius 2 is 2.11 bits per heavy atom. The number of rotatable bonds is 6. The molecule has 0 radical (unpaired) electrons. The minimum Gasteiger partial charge on any atom is -0.493 e. The molecule has 1 aromatic heterocycles. The van der Waals surface area contributed by atoms with E-state index in [4.69, 9.17) is 15.2 Å². The molecule has 0 unspecified atom stereocenters. The summed E-state index contributed by atoms with van der Waals surface area (Å²) in [5.41, 5.74) is 7.59. The third kappa shape index (κ3) is 3.48. The number of methoxy groups -OCH3 is 1. The second kappa shape index (κ2) is 6.24. The van der Waals surface area contributed by atoms with Crippen molar-refractivity contribution in [1.29, 1.82) is 0 Å². The van der Waals surface area contributed by atoms with Gasteiger partial charge in [-0.05, 0) is 36.7 Å². The highest BCUT2D eigenvalue weighted by atomic mass is 16.5. The molecule has 1 heterocycles. The predicted molar refractivity (Wildman–Crippen MR) is 73.3 cm³/mol. The van der Waals surface area contributed by atoms with Crippen LogP contribution in [0, 0.1) is 0 Å². The molecule has 0 bridgehead atoms. The van der Waals surface area contributed by atoms with Gasteiger partial charge < -0.3 is 15.2 Å². The molecule has 1 aromatic carbocycles. The molecule has 0 aliphatic heterocycles. The standard InChI is InChI=1S/C14H19N3O2/c1-17-8-6-12(16-17)10-19-14-9-11(5-7-15)3-4-13(14)18-2/h3-4,6,8-9H,5,7,10,15H2,1-2H3. The third-order valence-electron chi connectivity index (χ3n) is 2.81. The summed E-state index contributed by atoms with van der Waals surface area (Å²) in [6, 6.07) is 7.79. The Morgan fingerprint density at radius 1 is 1.26 bits per heavy atom. The van der Waals surface area contributed by atoms with Gasteiger partial charge in [0.05, 0.1) is 12.8 Å². The predicted octanol–water partition coefficient (Wildman–Crippen LogP) is 1.51. The summed E-state index contributed by atoms with van der Waals surface area (Å²) >= 11 is 0. The minimum atomic E-state index is 0.420. The summed E-state index contributed by atoms with van der Waals surface area (Å²) in [5, 5.41) is 4.27. The fourth-order valence-corrected chi connectivity index (χ4v) is 1.85. The van der Waals surface area contributed by atoms with Gasteiger partial charge in [0.15, 0.2) is 11.5 Å². The number of benzene rings is 1. The number of hydrogen-bond acceptors (Lipinski definition) is 4. The Labute approximate surface area is 112 Å². The van der Waals surface area contributed by atoms with Crippen LogP contribution in [0.25, 0.3) is 0 Å². The van der Waals surface area contributed by atoms with Gasteiger partial charge in [0, 0.05) is 13.2 Å². The van der Waals surface area contributed by atoms with Crippen molar-refractivity contribution in [3.63, 3.8) is 0 Å². The number of aromatic nitrogens is 2. The van der Waals surface area contributed by atoms with Gasteiger partial charge in [0.2, 0.25) is 0 Å². The summed E-state index contributed by atoms with van der Waals surface area (Å²) in [7, 11) is 3.51. The Balaban J connectivity index is 2.10. The first kappa shape index (κ1) is 13.4. The van der Waals surface area contributed by atoms with E-state index in [-0.39, 0.29) is 0 Å². The molecule has 0 aliphatic rings. The smallest absolute Gasteiger partial charge is 0.162 e. The molecule has 0 atom stereocenters. The SMILES string of the molecule is COc1ccc(CCN)cc1OCc1ccn(C)n1. The van der Waals surface area contributed by atoms with E-state index < -0.39 is 0 Å². The molecule has 2 N–H and O–H groups in total. The maximum atomic E-state index is 5.77. The number of ether oxygens (including phenoxy) is 2. The minimum absolute atomic E-state index is 0.420. The van der Waals surface area contributed by atoms with E-state index in [0.29, 0.717) is 13.2 Å². The van der Waals surface area contributed by atoms with Crippen molar-refractivity contribution in [3.05, 3.63) is 41.7 Å². The van der Waals surface area contributed by atoms with Crippen LogP contribution in [0.5, 0.6) is 11.5 Å². The highest BCUT2D eigenvalue weighted by Crippen LogP contribution is 2.28. The van der Waals surface area contributed by atoms with Crippen molar-refractivity contribution < 1.29 is 9.47 Å². The number of hydrogen-bond donors (Lipinski definition) is 1. The summed E-state index contributed by atoms with van der Waals surface area (Å²) in [4.78, 5) is 0. The molecular weight excluding hydrogens is 242 g/mol. The van der Waals surface area contributed by atoms with E-state index in [2.05, 4.69) is 5.10 Å². The molecule has 0 fully saturated rings. The average molecular weight is 261 g/mol. The van der Waals surface area contributed by atoms with Crippen molar-refractivity contribution >= 4 is 0 Å². The largest absolute Gasteiger partial charge is 0.493 e. The van der Waals surface area contributed by atoms with Crippen molar-refractivity contribution in [2.45, 2.75) is 13.0 Å². The second-order valence-electron chi connectivity index (χ2n) is 4.29. The van der Waals surface area contributed by atoms with Crippen LogP contribution in [0.15, 0.2) is 30.5 Å². The van der Waals surface area contributed by atoms with E-state index in [1.807, 2.05) is 37.5 Å². The Kier molecular flexibility index (Phi) is 4.41. The zero-order chi connectivity index (χ0) is 13.7. The lowest BCUT2D eigenvalue weighted by atomic mass is 10.1. The maximum Gasteiger partial charge on any atom is 0.162 e. The third-order valence-corrected chi connectivity index (χ3v) is 2.81.